The summed E-state index contributed by atoms with van der Waals surface area (Å²) in [4.78, 5) is 14.0. The van der Waals surface area contributed by atoms with Crippen molar-refractivity contribution >= 4 is 5.78 Å². The van der Waals surface area contributed by atoms with Gasteiger partial charge < -0.3 is 19.1 Å². The number of likely N-dealkylation sites (tertiary alicyclic amines) is 1. The molecule has 5 nitrogen and oxygen atoms in total. The van der Waals surface area contributed by atoms with E-state index in [1.807, 2.05) is 4.90 Å². The van der Waals surface area contributed by atoms with Crippen molar-refractivity contribution in [1.29, 1.82) is 0 Å². The van der Waals surface area contributed by atoms with Gasteiger partial charge in [0.25, 0.3) is 0 Å². The number of rotatable bonds is 5. The molecule has 228 valence electrons. The molecule has 0 amide bonds. The largest absolute Gasteiger partial charge is 0.416 e. The number of ketones is 1. The molecule has 1 unspecified atom stereocenters. The minimum atomic E-state index is -5.00. The molecule has 2 fully saturated rings. The lowest BCUT2D eigenvalue weighted by molar-refractivity contribution is -0.217. The van der Waals surface area contributed by atoms with Crippen LogP contribution >= 0.6 is 0 Å². The molecule has 2 aromatic rings. The van der Waals surface area contributed by atoms with Gasteiger partial charge in [-0.25, -0.2) is 4.39 Å². The standard InChI is InChI=1S/C30H30F7NO4/c1-15-5-26(31)16(2)4-24(15)27-25-11-38(22-9-23(39)14-40-13-22)10-19(25)12-41-28(27)42-17(3)18-6-20(29(32,33)34)8-21(7-18)30(35,36)37/h4-9,17,19,25,27-28H,10-14H2,1-3H3/t17-,19+,25?,27+,28-/m1/s1. The molecule has 0 spiro atoms. The second kappa shape index (κ2) is 11.3. The summed E-state index contributed by atoms with van der Waals surface area (Å²) in [6.07, 6.45) is -10.7. The van der Waals surface area contributed by atoms with E-state index in [4.69, 9.17) is 14.2 Å². The first-order valence-electron chi connectivity index (χ1n) is 13.5. The van der Waals surface area contributed by atoms with Crippen LogP contribution in [0, 0.1) is 31.5 Å². The normalized spacial score (nSPS) is 25.8. The van der Waals surface area contributed by atoms with Crippen molar-refractivity contribution in [3.8, 4) is 0 Å². The number of benzene rings is 2. The Balaban J connectivity index is 1.50. The second-order valence-corrected chi connectivity index (χ2v) is 11.2. The third-order valence-electron chi connectivity index (χ3n) is 8.27. The highest BCUT2D eigenvalue weighted by atomic mass is 19.4. The van der Waals surface area contributed by atoms with Gasteiger partial charge in [0.05, 0.1) is 30.4 Å². The van der Waals surface area contributed by atoms with Gasteiger partial charge in [0.2, 0.25) is 0 Å². The van der Waals surface area contributed by atoms with Gasteiger partial charge in [-0.2, -0.15) is 26.3 Å². The van der Waals surface area contributed by atoms with Crippen molar-refractivity contribution in [3.63, 3.8) is 0 Å². The maximum Gasteiger partial charge on any atom is 0.416 e. The quantitative estimate of drug-likeness (QED) is 0.356. The van der Waals surface area contributed by atoms with E-state index in [1.165, 1.54) is 13.0 Å². The zero-order valence-corrected chi connectivity index (χ0v) is 23.1. The first-order valence-corrected chi connectivity index (χ1v) is 13.5. The maximum absolute atomic E-state index is 14.4. The molecule has 3 aliphatic rings. The van der Waals surface area contributed by atoms with Crippen molar-refractivity contribution in [2.75, 3.05) is 32.9 Å². The summed E-state index contributed by atoms with van der Waals surface area (Å²) in [6.45, 7) is 6.22. The summed E-state index contributed by atoms with van der Waals surface area (Å²) in [5, 5.41) is 0. The Morgan fingerprint density at radius 2 is 1.60 bits per heavy atom. The minimum Gasteiger partial charge on any atom is -0.372 e. The van der Waals surface area contributed by atoms with E-state index in [9.17, 15) is 35.5 Å². The lowest BCUT2D eigenvalue weighted by Crippen LogP contribution is -2.42. The van der Waals surface area contributed by atoms with Gasteiger partial charge >= 0.3 is 12.4 Å². The molecule has 42 heavy (non-hydrogen) atoms. The number of fused-ring (bicyclic) bond motifs is 1. The van der Waals surface area contributed by atoms with Crippen molar-refractivity contribution in [3.05, 3.63) is 81.3 Å². The summed E-state index contributed by atoms with van der Waals surface area (Å²) in [7, 11) is 0. The molecule has 0 radical (unpaired) electrons. The molecule has 0 N–H and O–H groups in total. The molecule has 3 heterocycles. The van der Waals surface area contributed by atoms with E-state index in [0.29, 0.717) is 41.9 Å². The van der Waals surface area contributed by atoms with Crippen LogP contribution in [-0.2, 0) is 31.4 Å². The predicted molar refractivity (Wildman–Crippen MR) is 137 cm³/mol. The first kappa shape index (κ1) is 30.5. The smallest absolute Gasteiger partial charge is 0.372 e. The van der Waals surface area contributed by atoms with Crippen LogP contribution in [0.25, 0.3) is 0 Å². The van der Waals surface area contributed by atoms with Gasteiger partial charge in [0.1, 0.15) is 12.4 Å². The molecule has 5 atom stereocenters. The van der Waals surface area contributed by atoms with E-state index < -0.39 is 47.6 Å². The van der Waals surface area contributed by atoms with E-state index in [0.717, 1.165) is 5.70 Å². The Morgan fingerprint density at radius 3 is 2.21 bits per heavy atom. The van der Waals surface area contributed by atoms with Gasteiger partial charge in [-0.15, -0.1) is 0 Å². The molecular formula is C30H30F7NO4. The van der Waals surface area contributed by atoms with Crippen LogP contribution in [0.5, 0.6) is 0 Å². The van der Waals surface area contributed by atoms with Gasteiger partial charge in [0, 0.05) is 36.7 Å². The zero-order valence-electron chi connectivity index (χ0n) is 23.1. The zero-order chi connectivity index (χ0) is 30.6. The van der Waals surface area contributed by atoms with Crippen LogP contribution in [0.15, 0.2) is 42.1 Å². The van der Waals surface area contributed by atoms with Gasteiger partial charge in [0.15, 0.2) is 12.1 Å². The molecule has 3 aliphatic heterocycles. The average Bonchev–Trinajstić information content (AvgIpc) is 3.34. The van der Waals surface area contributed by atoms with Crippen LogP contribution in [0.3, 0.4) is 0 Å². The van der Waals surface area contributed by atoms with Gasteiger partial charge in [-0.1, -0.05) is 6.07 Å². The van der Waals surface area contributed by atoms with Crippen LogP contribution in [0.4, 0.5) is 30.7 Å². The Bertz CT molecular complexity index is 1350. The molecule has 0 saturated carbocycles. The Labute approximate surface area is 238 Å². The lowest BCUT2D eigenvalue weighted by Gasteiger charge is -2.41. The van der Waals surface area contributed by atoms with Gasteiger partial charge in [-0.3, -0.25) is 4.79 Å². The van der Waals surface area contributed by atoms with E-state index in [1.54, 1.807) is 26.0 Å². The first-order chi connectivity index (χ1) is 19.6. The molecule has 12 heteroatoms. The van der Waals surface area contributed by atoms with E-state index in [-0.39, 0.29) is 49.1 Å². The topological polar surface area (TPSA) is 48.0 Å². The highest BCUT2D eigenvalue weighted by molar-refractivity contribution is 5.92. The van der Waals surface area contributed by atoms with Gasteiger partial charge in [-0.05, 0) is 73.2 Å². The maximum atomic E-state index is 14.4. The predicted octanol–water partition coefficient (Wildman–Crippen LogP) is 6.73. The number of alkyl halides is 6. The van der Waals surface area contributed by atoms with Crippen molar-refractivity contribution < 1.29 is 49.7 Å². The molecule has 5 rings (SSSR count). The number of aryl methyl sites for hydroxylation is 2. The monoisotopic (exact) mass is 601 g/mol. The SMILES string of the molecule is Cc1cc([C@H]2C3CN(C4=CC(=O)COC4)C[C@H]3CO[C@@H]2O[C@H](C)c2cc(C(F)(F)F)cc(C(F)(F)F)c2)c(C)cc1F. The number of carbonyl (C=O) groups is 1. The Morgan fingerprint density at radius 1 is 0.929 bits per heavy atom. The van der Waals surface area contributed by atoms with Crippen molar-refractivity contribution in [2.24, 2.45) is 11.8 Å². The number of hydrogen-bond acceptors (Lipinski definition) is 5. The van der Waals surface area contributed by atoms with Crippen LogP contribution in [0.1, 0.15) is 52.3 Å². The highest BCUT2D eigenvalue weighted by Gasteiger charge is 2.48. The third-order valence-corrected chi connectivity index (χ3v) is 8.27. The summed E-state index contributed by atoms with van der Waals surface area (Å²) >= 11 is 0. The second-order valence-electron chi connectivity index (χ2n) is 11.2. The van der Waals surface area contributed by atoms with E-state index >= 15 is 0 Å². The third kappa shape index (κ3) is 6.21. The lowest BCUT2D eigenvalue weighted by atomic mass is 9.76. The van der Waals surface area contributed by atoms with E-state index in [2.05, 4.69) is 0 Å². The number of nitrogens with zero attached hydrogens (tertiary/aromatic N) is 1. The Hall–Kier alpha value is -2.96. The summed E-state index contributed by atoms with van der Waals surface area (Å²) in [5.41, 5.74) is -0.740. The van der Waals surface area contributed by atoms with Crippen molar-refractivity contribution in [1.82, 2.24) is 4.90 Å². The average molecular weight is 602 g/mol. The molecule has 2 aromatic carbocycles. The molecule has 2 saturated heterocycles. The van der Waals surface area contributed by atoms with Crippen LogP contribution < -0.4 is 0 Å². The number of ether oxygens (including phenoxy) is 3. The molecule has 0 bridgehead atoms. The summed E-state index contributed by atoms with van der Waals surface area (Å²) < 4.78 is 113. The van der Waals surface area contributed by atoms with Crippen LogP contribution in [-0.4, -0.2) is 49.9 Å². The fourth-order valence-corrected chi connectivity index (χ4v) is 6.10. The minimum absolute atomic E-state index is 0.00335. The molecule has 0 aliphatic carbocycles. The summed E-state index contributed by atoms with van der Waals surface area (Å²) in [5.74, 6) is -1.25. The van der Waals surface area contributed by atoms with Crippen LogP contribution in [0.2, 0.25) is 0 Å². The fraction of sp³-hybridized carbons (Fsp3) is 0.500. The van der Waals surface area contributed by atoms with Crippen molar-refractivity contribution in [2.45, 2.75) is 51.4 Å². The fourth-order valence-electron chi connectivity index (χ4n) is 6.10. The Kier molecular flexibility index (Phi) is 8.19. The number of hydrogen-bond donors (Lipinski definition) is 0. The number of carbonyl (C=O) groups excluding carboxylic acids is 1. The highest BCUT2D eigenvalue weighted by Crippen LogP contribution is 2.47. The molecular weight excluding hydrogens is 571 g/mol. The molecule has 0 aromatic heterocycles. The summed E-state index contributed by atoms with van der Waals surface area (Å²) in [6, 6.07) is 4.45. The number of halogens is 7.